The lowest BCUT2D eigenvalue weighted by Gasteiger charge is -2.04. The second-order valence-electron chi connectivity index (χ2n) is 5.21. The van der Waals surface area contributed by atoms with Crippen LogP contribution in [0.5, 0.6) is 0 Å². The first-order chi connectivity index (χ1) is 11.0. The zero-order valence-electron chi connectivity index (χ0n) is 13.0. The van der Waals surface area contributed by atoms with Gasteiger partial charge >= 0.3 is 5.82 Å². The molecule has 0 saturated carbocycles. The Morgan fingerprint density at radius 3 is 2.70 bits per heavy atom. The van der Waals surface area contributed by atoms with Gasteiger partial charge in [-0.15, -0.1) is 0 Å². The Morgan fingerprint density at radius 2 is 2.09 bits per heavy atom. The van der Waals surface area contributed by atoms with Gasteiger partial charge in [0, 0.05) is 13.6 Å². The van der Waals surface area contributed by atoms with Gasteiger partial charge < -0.3 is 14.7 Å². The van der Waals surface area contributed by atoms with E-state index < -0.39 is 4.92 Å². The number of aromatic nitrogens is 6. The van der Waals surface area contributed by atoms with Crippen molar-refractivity contribution in [1.29, 1.82) is 5.41 Å². The monoisotopic (exact) mass is 316 g/mol. The molecule has 10 nitrogen and oxygen atoms in total. The summed E-state index contributed by atoms with van der Waals surface area (Å²) in [5.41, 5.74) is 1.23. The molecule has 0 bridgehead atoms. The first-order valence-electron chi connectivity index (χ1n) is 7.09. The minimum Gasteiger partial charge on any atom is -0.358 e. The third-order valence-electron chi connectivity index (χ3n) is 3.69. The first kappa shape index (κ1) is 14.9. The van der Waals surface area contributed by atoms with Crippen LogP contribution in [0.2, 0.25) is 0 Å². The molecule has 0 aromatic carbocycles. The highest BCUT2D eigenvalue weighted by atomic mass is 16.6. The van der Waals surface area contributed by atoms with Crippen LogP contribution in [0.1, 0.15) is 13.3 Å². The van der Waals surface area contributed by atoms with Crippen molar-refractivity contribution < 1.29 is 4.92 Å². The van der Waals surface area contributed by atoms with E-state index in [4.69, 9.17) is 5.41 Å². The zero-order valence-corrected chi connectivity index (χ0v) is 13.0. The first-order valence-corrected chi connectivity index (χ1v) is 7.09. The normalized spacial score (nSPS) is 11.3. The lowest BCUT2D eigenvalue weighted by Crippen LogP contribution is -2.21. The van der Waals surface area contributed by atoms with Gasteiger partial charge in [-0.2, -0.15) is 5.10 Å². The number of rotatable bonds is 4. The highest BCUT2D eigenvalue weighted by Gasteiger charge is 2.24. The zero-order chi connectivity index (χ0) is 16.7. The Morgan fingerprint density at radius 1 is 1.35 bits per heavy atom. The Hall–Kier alpha value is -3.04. The Labute approximate surface area is 130 Å². The summed E-state index contributed by atoms with van der Waals surface area (Å²) in [6, 6.07) is 0. The van der Waals surface area contributed by atoms with Crippen molar-refractivity contribution in [3.05, 3.63) is 28.1 Å². The second kappa shape index (κ2) is 5.30. The van der Waals surface area contributed by atoms with Crippen LogP contribution in [0.3, 0.4) is 0 Å². The van der Waals surface area contributed by atoms with E-state index in [1.54, 1.807) is 29.7 Å². The number of imidazole rings is 1. The SMILES string of the molecule is CCCn1cnc2c(c(-c3ncc([N+](=O)[O-])n3C)nn2C)c1=N. The van der Waals surface area contributed by atoms with Gasteiger partial charge in [0.2, 0.25) is 5.82 Å². The molecule has 0 aliphatic carbocycles. The number of hydrogen-bond acceptors (Lipinski definition) is 6. The summed E-state index contributed by atoms with van der Waals surface area (Å²) in [7, 11) is 3.28. The molecule has 3 aromatic heterocycles. The lowest BCUT2D eigenvalue weighted by molar-refractivity contribution is -0.391. The largest absolute Gasteiger partial charge is 0.358 e. The number of nitro groups is 1. The average molecular weight is 316 g/mol. The van der Waals surface area contributed by atoms with Gasteiger partial charge in [0.05, 0.1) is 18.8 Å². The van der Waals surface area contributed by atoms with E-state index in [0.717, 1.165) is 6.42 Å². The molecule has 0 saturated heterocycles. The predicted molar refractivity (Wildman–Crippen MR) is 81.5 cm³/mol. The van der Waals surface area contributed by atoms with Crippen molar-refractivity contribution in [2.24, 2.45) is 14.1 Å². The minimum atomic E-state index is -0.501. The number of aryl methyl sites for hydroxylation is 2. The molecular formula is C13H16N8O2. The molecule has 0 fully saturated rings. The number of nitrogens with zero attached hydrogens (tertiary/aromatic N) is 7. The molecule has 23 heavy (non-hydrogen) atoms. The average Bonchev–Trinajstić information content (AvgIpc) is 3.03. The van der Waals surface area contributed by atoms with E-state index in [1.165, 1.54) is 10.8 Å². The quantitative estimate of drug-likeness (QED) is 0.568. The third kappa shape index (κ3) is 2.18. The van der Waals surface area contributed by atoms with Crippen molar-refractivity contribution in [3.63, 3.8) is 0 Å². The van der Waals surface area contributed by atoms with E-state index in [0.29, 0.717) is 29.1 Å². The van der Waals surface area contributed by atoms with Gasteiger partial charge in [0.15, 0.2) is 11.3 Å². The number of fused-ring (bicyclic) bond motifs is 1. The minimum absolute atomic E-state index is 0.129. The summed E-state index contributed by atoms with van der Waals surface area (Å²) < 4.78 is 4.64. The van der Waals surface area contributed by atoms with Crippen molar-refractivity contribution >= 4 is 16.9 Å². The maximum absolute atomic E-state index is 11.0. The van der Waals surface area contributed by atoms with Crippen LogP contribution >= 0.6 is 0 Å². The number of nitrogens with one attached hydrogen (secondary N) is 1. The van der Waals surface area contributed by atoms with E-state index >= 15 is 0 Å². The maximum atomic E-state index is 11.0. The molecule has 0 atom stereocenters. The van der Waals surface area contributed by atoms with Gasteiger partial charge in [-0.25, -0.2) is 19.2 Å². The van der Waals surface area contributed by atoms with Gasteiger partial charge in [0.1, 0.15) is 11.7 Å². The molecule has 3 heterocycles. The van der Waals surface area contributed by atoms with Crippen LogP contribution in [-0.4, -0.2) is 33.8 Å². The fourth-order valence-corrected chi connectivity index (χ4v) is 2.56. The highest BCUT2D eigenvalue weighted by molar-refractivity contribution is 5.88. The molecule has 1 N–H and O–H groups in total. The molecule has 0 aliphatic rings. The third-order valence-corrected chi connectivity index (χ3v) is 3.69. The molecule has 0 aliphatic heterocycles. The van der Waals surface area contributed by atoms with E-state index in [1.807, 2.05) is 6.92 Å². The van der Waals surface area contributed by atoms with Crippen LogP contribution in [0, 0.1) is 15.5 Å². The Bertz CT molecular complexity index is 964. The van der Waals surface area contributed by atoms with Crippen molar-refractivity contribution in [2.45, 2.75) is 19.9 Å². The van der Waals surface area contributed by atoms with Gasteiger partial charge in [-0.05, 0) is 11.3 Å². The standard InChI is InChI=1S/C13H16N8O2/c1-4-5-20-7-16-12-9(11(20)14)10(17-19(12)3)13-15-6-8(18(13)2)21(22)23/h6-7,14H,4-5H2,1-3H3. The summed E-state index contributed by atoms with van der Waals surface area (Å²) in [6.45, 7) is 2.68. The van der Waals surface area contributed by atoms with Crippen LogP contribution in [0.4, 0.5) is 5.82 Å². The molecule has 0 amide bonds. The summed E-state index contributed by atoms with van der Waals surface area (Å²) in [6.07, 6.45) is 3.67. The summed E-state index contributed by atoms with van der Waals surface area (Å²) >= 11 is 0. The van der Waals surface area contributed by atoms with Crippen LogP contribution < -0.4 is 5.49 Å². The number of hydrogen-bond donors (Lipinski definition) is 1. The Kier molecular flexibility index (Phi) is 3.43. The second-order valence-corrected chi connectivity index (χ2v) is 5.21. The highest BCUT2D eigenvalue weighted by Crippen LogP contribution is 2.25. The molecule has 10 heteroatoms. The topological polar surface area (TPSA) is 120 Å². The van der Waals surface area contributed by atoms with Gasteiger partial charge in [-0.1, -0.05) is 6.92 Å². The fraction of sp³-hybridized carbons (Fsp3) is 0.385. The van der Waals surface area contributed by atoms with E-state index in [9.17, 15) is 10.1 Å². The summed E-state index contributed by atoms with van der Waals surface area (Å²) in [5, 5.41) is 24.3. The molecule has 0 unspecified atom stereocenters. The summed E-state index contributed by atoms with van der Waals surface area (Å²) in [5.74, 6) is 0.211. The summed E-state index contributed by atoms with van der Waals surface area (Å²) in [4.78, 5) is 19.0. The van der Waals surface area contributed by atoms with Crippen molar-refractivity contribution in [2.75, 3.05) is 0 Å². The maximum Gasteiger partial charge on any atom is 0.342 e. The van der Waals surface area contributed by atoms with E-state index in [-0.39, 0.29) is 11.3 Å². The lowest BCUT2D eigenvalue weighted by atomic mass is 10.2. The van der Waals surface area contributed by atoms with E-state index in [2.05, 4.69) is 15.1 Å². The van der Waals surface area contributed by atoms with Crippen LogP contribution in [-0.2, 0) is 20.6 Å². The predicted octanol–water partition coefficient (Wildman–Crippen LogP) is 0.968. The van der Waals surface area contributed by atoms with Crippen LogP contribution in [0.25, 0.3) is 22.6 Å². The van der Waals surface area contributed by atoms with Gasteiger partial charge in [0.25, 0.3) is 0 Å². The smallest absolute Gasteiger partial charge is 0.342 e. The van der Waals surface area contributed by atoms with Crippen molar-refractivity contribution in [3.8, 4) is 11.5 Å². The van der Waals surface area contributed by atoms with Crippen molar-refractivity contribution in [1.82, 2.24) is 28.9 Å². The molecule has 0 radical (unpaired) electrons. The molecule has 3 rings (SSSR count). The molecular weight excluding hydrogens is 300 g/mol. The Balaban J connectivity index is 2.32. The molecule has 3 aromatic rings. The van der Waals surface area contributed by atoms with Gasteiger partial charge in [-0.3, -0.25) is 5.41 Å². The molecule has 120 valence electrons. The molecule has 0 spiro atoms. The fourth-order valence-electron chi connectivity index (χ4n) is 2.56. The van der Waals surface area contributed by atoms with Crippen LogP contribution in [0.15, 0.2) is 12.5 Å².